The highest BCUT2D eigenvalue weighted by Crippen LogP contribution is 2.40. The summed E-state index contributed by atoms with van der Waals surface area (Å²) in [6, 6.07) is 5.89. The molecule has 0 bridgehead atoms. The average molecular weight is 349 g/mol. The highest BCUT2D eigenvalue weighted by Gasteiger charge is 2.38. The maximum atomic E-state index is 13.4. The van der Waals surface area contributed by atoms with E-state index in [-0.39, 0.29) is 11.9 Å². The number of hydrogen-bond acceptors (Lipinski definition) is 3. The van der Waals surface area contributed by atoms with Crippen molar-refractivity contribution in [3.63, 3.8) is 0 Å². The monoisotopic (exact) mass is 349 g/mol. The molecule has 1 amide bonds. The van der Waals surface area contributed by atoms with Crippen LogP contribution in [0.2, 0.25) is 0 Å². The zero-order chi connectivity index (χ0) is 17.5. The van der Waals surface area contributed by atoms with Crippen LogP contribution < -0.4 is 0 Å². The third kappa shape index (κ3) is 2.52. The molecule has 1 fully saturated rings. The molecule has 0 N–H and O–H groups in total. The van der Waals surface area contributed by atoms with Crippen LogP contribution in [-0.2, 0) is 6.54 Å². The first-order chi connectivity index (χ1) is 12.8. The molecule has 1 unspecified atom stereocenters. The molecule has 0 saturated heterocycles. The van der Waals surface area contributed by atoms with E-state index in [1.807, 2.05) is 46.1 Å². The van der Waals surface area contributed by atoms with Gasteiger partial charge >= 0.3 is 0 Å². The lowest BCUT2D eigenvalue weighted by Gasteiger charge is -2.33. The molecule has 26 heavy (non-hydrogen) atoms. The van der Waals surface area contributed by atoms with E-state index in [1.165, 1.54) is 25.7 Å². The van der Waals surface area contributed by atoms with Crippen LogP contribution in [0.4, 0.5) is 0 Å². The second kappa shape index (κ2) is 6.27. The van der Waals surface area contributed by atoms with Gasteiger partial charge in [-0.25, -0.2) is 9.97 Å². The van der Waals surface area contributed by atoms with Crippen molar-refractivity contribution in [3.05, 3.63) is 54.5 Å². The summed E-state index contributed by atoms with van der Waals surface area (Å²) in [6.45, 7) is 1.69. The Balaban J connectivity index is 1.55. The summed E-state index contributed by atoms with van der Waals surface area (Å²) in [7, 11) is 0. The fraction of sp³-hybridized carbons (Fsp3) is 0.450. The van der Waals surface area contributed by atoms with Crippen LogP contribution in [0, 0.1) is 5.92 Å². The van der Waals surface area contributed by atoms with Crippen molar-refractivity contribution in [3.8, 4) is 0 Å². The number of pyridine rings is 1. The van der Waals surface area contributed by atoms with Gasteiger partial charge in [-0.3, -0.25) is 4.79 Å². The number of amides is 1. The SMILES string of the molecule is O=C(c1cn2ccccc2n1)N1CCCn2ccnc2C1C1CCCC1. The first-order valence-electron chi connectivity index (χ1n) is 9.57. The summed E-state index contributed by atoms with van der Waals surface area (Å²) in [6.07, 6.45) is 13.5. The van der Waals surface area contributed by atoms with Crippen molar-refractivity contribution in [1.29, 1.82) is 0 Å². The standard InChI is InChI=1S/C20H23N5O/c26-20(16-14-24-10-4-3-8-17(24)22-16)25-12-5-11-23-13-9-21-19(23)18(25)15-6-1-2-7-15/h3-4,8-10,13-15,18H,1-2,5-7,11-12H2. The normalized spacial score (nSPS) is 21.1. The largest absolute Gasteiger partial charge is 0.333 e. The maximum absolute atomic E-state index is 13.4. The Morgan fingerprint density at radius 3 is 2.81 bits per heavy atom. The fourth-order valence-corrected chi connectivity index (χ4v) is 4.62. The molecule has 5 rings (SSSR count). The fourth-order valence-electron chi connectivity index (χ4n) is 4.62. The minimum absolute atomic E-state index is 0.0297. The zero-order valence-corrected chi connectivity index (χ0v) is 14.8. The van der Waals surface area contributed by atoms with E-state index < -0.39 is 0 Å². The molecule has 1 aliphatic heterocycles. The number of imidazole rings is 2. The number of hydrogen-bond donors (Lipinski definition) is 0. The molecule has 0 spiro atoms. The second-order valence-corrected chi connectivity index (χ2v) is 7.41. The van der Waals surface area contributed by atoms with Gasteiger partial charge in [0.15, 0.2) is 0 Å². The summed E-state index contributed by atoms with van der Waals surface area (Å²) in [5.41, 5.74) is 1.34. The molecular formula is C20H23N5O. The lowest BCUT2D eigenvalue weighted by Crippen LogP contribution is -2.38. The van der Waals surface area contributed by atoms with E-state index in [0.29, 0.717) is 11.6 Å². The molecule has 0 aromatic carbocycles. The predicted molar refractivity (Wildman–Crippen MR) is 97.8 cm³/mol. The molecule has 1 saturated carbocycles. The molecule has 134 valence electrons. The van der Waals surface area contributed by atoms with Crippen LogP contribution >= 0.6 is 0 Å². The van der Waals surface area contributed by atoms with E-state index in [4.69, 9.17) is 0 Å². The molecule has 2 aliphatic rings. The third-order valence-corrected chi connectivity index (χ3v) is 5.84. The van der Waals surface area contributed by atoms with Gasteiger partial charge in [0.2, 0.25) is 0 Å². The number of aryl methyl sites for hydroxylation is 1. The molecular weight excluding hydrogens is 326 g/mol. The van der Waals surface area contributed by atoms with Gasteiger partial charge in [-0.15, -0.1) is 0 Å². The molecule has 3 aromatic heterocycles. The summed E-state index contributed by atoms with van der Waals surface area (Å²) < 4.78 is 4.15. The molecule has 3 aromatic rings. The Kier molecular flexibility index (Phi) is 3.76. The van der Waals surface area contributed by atoms with Crippen molar-refractivity contribution >= 4 is 11.6 Å². The van der Waals surface area contributed by atoms with Crippen molar-refractivity contribution in [1.82, 2.24) is 23.8 Å². The zero-order valence-electron chi connectivity index (χ0n) is 14.8. The number of carbonyl (C=O) groups is 1. The second-order valence-electron chi connectivity index (χ2n) is 7.41. The summed E-state index contributed by atoms with van der Waals surface area (Å²) in [5, 5.41) is 0. The summed E-state index contributed by atoms with van der Waals surface area (Å²) in [4.78, 5) is 24.7. The molecule has 1 atom stereocenters. The Morgan fingerprint density at radius 2 is 1.96 bits per heavy atom. The highest BCUT2D eigenvalue weighted by molar-refractivity contribution is 5.93. The average Bonchev–Trinajstić information content (AvgIpc) is 3.40. The molecule has 1 aliphatic carbocycles. The van der Waals surface area contributed by atoms with Crippen LogP contribution in [0.5, 0.6) is 0 Å². The highest BCUT2D eigenvalue weighted by atomic mass is 16.2. The smallest absolute Gasteiger partial charge is 0.274 e. The van der Waals surface area contributed by atoms with E-state index in [0.717, 1.165) is 31.0 Å². The molecule has 6 heteroatoms. The van der Waals surface area contributed by atoms with Crippen LogP contribution in [0.15, 0.2) is 43.0 Å². The lowest BCUT2D eigenvalue weighted by molar-refractivity contribution is 0.0597. The van der Waals surface area contributed by atoms with Gasteiger partial charge in [0, 0.05) is 37.9 Å². The third-order valence-electron chi connectivity index (χ3n) is 5.84. The molecule has 0 radical (unpaired) electrons. The van der Waals surface area contributed by atoms with Gasteiger partial charge in [-0.1, -0.05) is 18.9 Å². The van der Waals surface area contributed by atoms with Gasteiger partial charge in [-0.05, 0) is 37.3 Å². The number of nitrogens with zero attached hydrogens (tertiary/aromatic N) is 5. The van der Waals surface area contributed by atoms with Crippen LogP contribution in [0.25, 0.3) is 5.65 Å². The maximum Gasteiger partial charge on any atom is 0.274 e. The van der Waals surface area contributed by atoms with Gasteiger partial charge in [0.05, 0.1) is 6.04 Å². The van der Waals surface area contributed by atoms with E-state index >= 15 is 0 Å². The van der Waals surface area contributed by atoms with E-state index in [1.54, 1.807) is 0 Å². The van der Waals surface area contributed by atoms with Gasteiger partial charge in [-0.2, -0.15) is 0 Å². The number of rotatable bonds is 2. The minimum atomic E-state index is 0.0297. The van der Waals surface area contributed by atoms with Crippen molar-refractivity contribution in [2.24, 2.45) is 5.92 Å². The Hall–Kier alpha value is -2.63. The van der Waals surface area contributed by atoms with Crippen LogP contribution in [0.3, 0.4) is 0 Å². The predicted octanol–water partition coefficient (Wildman–Crippen LogP) is 3.31. The first kappa shape index (κ1) is 15.6. The number of aromatic nitrogens is 4. The Morgan fingerprint density at radius 1 is 1.08 bits per heavy atom. The minimum Gasteiger partial charge on any atom is -0.333 e. The Labute approximate surface area is 152 Å². The molecule has 4 heterocycles. The summed E-state index contributed by atoms with van der Waals surface area (Å²) >= 11 is 0. The van der Waals surface area contributed by atoms with E-state index in [9.17, 15) is 4.79 Å². The first-order valence-corrected chi connectivity index (χ1v) is 9.57. The van der Waals surface area contributed by atoms with Crippen molar-refractivity contribution in [2.45, 2.75) is 44.7 Å². The number of fused-ring (bicyclic) bond motifs is 2. The van der Waals surface area contributed by atoms with Crippen molar-refractivity contribution < 1.29 is 4.79 Å². The van der Waals surface area contributed by atoms with Gasteiger partial charge in [0.1, 0.15) is 17.2 Å². The van der Waals surface area contributed by atoms with Gasteiger partial charge < -0.3 is 13.9 Å². The summed E-state index contributed by atoms with van der Waals surface area (Å²) in [5.74, 6) is 1.57. The van der Waals surface area contributed by atoms with Crippen LogP contribution in [0.1, 0.15) is 54.5 Å². The number of carbonyl (C=O) groups excluding carboxylic acids is 1. The quantitative estimate of drug-likeness (QED) is 0.713. The Bertz CT molecular complexity index is 903. The van der Waals surface area contributed by atoms with E-state index in [2.05, 4.69) is 20.7 Å². The van der Waals surface area contributed by atoms with Crippen LogP contribution in [-0.4, -0.2) is 36.3 Å². The van der Waals surface area contributed by atoms with Gasteiger partial charge in [0.25, 0.3) is 5.91 Å². The molecule has 6 nitrogen and oxygen atoms in total. The van der Waals surface area contributed by atoms with Crippen molar-refractivity contribution in [2.75, 3.05) is 6.54 Å². The lowest BCUT2D eigenvalue weighted by atomic mass is 9.95. The topological polar surface area (TPSA) is 55.4 Å².